The van der Waals surface area contributed by atoms with Crippen molar-refractivity contribution in [2.24, 2.45) is 5.92 Å². The summed E-state index contributed by atoms with van der Waals surface area (Å²) in [7, 11) is 0. The minimum absolute atomic E-state index is 0.0741. The Morgan fingerprint density at radius 2 is 1.58 bits per heavy atom. The molecule has 2 aromatic rings. The highest BCUT2D eigenvalue weighted by atomic mass is 19.4. The Labute approximate surface area is 187 Å². The zero-order chi connectivity index (χ0) is 24.2. The first-order valence-electron chi connectivity index (χ1n) is 10.3. The fourth-order valence-corrected chi connectivity index (χ4v) is 3.80. The van der Waals surface area contributed by atoms with E-state index in [9.17, 15) is 27.6 Å². The summed E-state index contributed by atoms with van der Waals surface area (Å²) in [5, 5.41) is 13.1. The van der Waals surface area contributed by atoms with Gasteiger partial charge in [0.05, 0.1) is 0 Å². The molecule has 1 unspecified atom stereocenters. The molecule has 7 nitrogen and oxygen atoms in total. The molecule has 0 saturated carbocycles. The van der Waals surface area contributed by atoms with Crippen LogP contribution in [0, 0.1) is 5.92 Å². The van der Waals surface area contributed by atoms with Gasteiger partial charge in [-0.05, 0) is 29.2 Å². The number of fused-ring (bicyclic) bond motifs is 3. The molecule has 0 bridgehead atoms. The van der Waals surface area contributed by atoms with Crippen LogP contribution in [-0.4, -0.2) is 48.4 Å². The van der Waals surface area contributed by atoms with Gasteiger partial charge < -0.3 is 20.5 Å². The summed E-state index contributed by atoms with van der Waals surface area (Å²) in [5.74, 6) is -5.74. The van der Waals surface area contributed by atoms with Crippen LogP contribution in [-0.2, 0) is 14.3 Å². The summed E-state index contributed by atoms with van der Waals surface area (Å²) >= 11 is 0. The van der Waals surface area contributed by atoms with Gasteiger partial charge in [-0.15, -0.1) is 0 Å². The summed E-state index contributed by atoms with van der Waals surface area (Å²) in [6.45, 7) is 0.472. The highest BCUT2D eigenvalue weighted by Gasteiger charge is 2.45. The van der Waals surface area contributed by atoms with Crippen molar-refractivity contribution in [2.45, 2.75) is 31.5 Å². The number of rotatable bonds is 8. The van der Waals surface area contributed by atoms with Crippen LogP contribution in [0.5, 0.6) is 0 Å². The summed E-state index contributed by atoms with van der Waals surface area (Å²) in [6, 6.07) is 14.9. The summed E-state index contributed by atoms with van der Waals surface area (Å²) in [4.78, 5) is 34.8. The van der Waals surface area contributed by atoms with Crippen molar-refractivity contribution in [3.05, 3.63) is 59.7 Å². The third-order valence-corrected chi connectivity index (χ3v) is 5.40. The number of amides is 2. The van der Waals surface area contributed by atoms with Gasteiger partial charge in [-0.25, -0.2) is 4.79 Å². The molecule has 10 heteroatoms. The number of alkyl carbamates (subject to hydrolysis) is 1. The SMILES string of the molecule is C[C@H](CC(=O)NCC(C(=O)O)C(F)(F)F)NC(=O)OCC1c2ccccc2-c2ccccc21. The number of benzene rings is 2. The predicted molar refractivity (Wildman–Crippen MR) is 112 cm³/mol. The lowest BCUT2D eigenvalue weighted by Crippen LogP contribution is -2.43. The first-order valence-corrected chi connectivity index (χ1v) is 10.3. The van der Waals surface area contributed by atoms with Gasteiger partial charge in [-0.1, -0.05) is 48.5 Å². The standard InChI is InChI=1S/C23H23F3N2O5/c1-13(10-20(29)27-11-19(21(30)31)23(24,25)26)28-22(32)33-12-18-16-8-4-2-6-14(16)15-7-3-5-9-17(15)18/h2-9,13,18-19H,10-12H2,1H3,(H,27,29)(H,28,32)(H,30,31)/t13-,19?/m1/s1. The second-order valence-corrected chi connectivity index (χ2v) is 7.81. The summed E-state index contributed by atoms with van der Waals surface area (Å²) in [6.07, 6.45) is -6.09. The molecule has 0 fully saturated rings. The summed E-state index contributed by atoms with van der Waals surface area (Å²) < 4.78 is 43.3. The fourth-order valence-electron chi connectivity index (χ4n) is 3.80. The Bertz CT molecular complexity index is 995. The number of halogens is 3. The number of hydrogen-bond donors (Lipinski definition) is 3. The van der Waals surface area contributed by atoms with Gasteiger partial charge in [0.15, 0.2) is 5.92 Å². The number of hydrogen-bond acceptors (Lipinski definition) is 4. The number of carboxylic acids is 1. The number of carboxylic acid groups (broad SMARTS) is 1. The molecule has 0 aliphatic heterocycles. The normalized spacial score (nSPS) is 14.5. The lowest BCUT2D eigenvalue weighted by Gasteiger charge is -2.18. The van der Waals surface area contributed by atoms with E-state index >= 15 is 0 Å². The Morgan fingerprint density at radius 3 is 2.09 bits per heavy atom. The van der Waals surface area contributed by atoms with Crippen molar-refractivity contribution in [3.63, 3.8) is 0 Å². The molecule has 2 aromatic carbocycles. The highest BCUT2D eigenvalue weighted by Crippen LogP contribution is 2.44. The van der Waals surface area contributed by atoms with Gasteiger partial charge in [0.1, 0.15) is 6.61 Å². The molecular weight excluding hydrogens is 441 g/mol. The molecule has 0 saturated heterocycles. The van der Waals surface area contributed by atoms with Gasteiger partial charge in [0, 0.05) is 24.9 Å². The molecular formula is C23H23F3N2O5. The van der Waals surface area contributed by atoms with Crippen LogP contribution >= 0.6 is 0 Å². The molecule has 1 aliphatic rings. The average molecular weight is 464 g/mol. The van der Waals surface area contributed by atoms with Crippen LogP contribution in [0.25, 0.3) is 11.1 Å². The van der Waals surface area contributed by atoms with E-state index in [1.165, 1.54) is 6.92 Å². The van der Waals surface area contributed by atoms with Crippen LogP contribution in [0.1, 0.15) is 30.4 Å². The predicted octanol–water partition coefficient (Wildman–Crippen LogP) is 3.68. The molecule has 1 aliphatic carbocycles. The van der Waals surface area contributed by atoms with Crippen molar-refractivity contribution in [1.29, 1.82) is 0 Å². The Kier molecular flexibility index (Phi) is 7.25. The first-order chi connectivity index (χ1) is 15.6. The maximum absolute atomic E-state index is 12.6. The quantitative estimate of drug-likeness (QED) is 0.553. The summed E-state index contributed by atoms with van der Waals surface area (Å²) in [5.41, 5.74) is 4.23. The van der Waals surface area contributed by atoms with Gasteiger partial charge in [-0.2, -0.15) is 13.2 Å². The van der Waals surface area contributed by atoms with Crippen molar-refractivity contribution >= 4 is 18.0 Å². The smallest absolute Gasteiger partial charge is 0.407 e. The lowest BCUT2D eigenvalue weighted by atomic mass is 9.98. The average Bonchev–Trinajstić information content (AvgIpc) is 3.05. The van der Waals surface area contributed by atoms with E-state index in [1.807, 2.05) is 53.8 Å². The highest BCUT2D eigenvalue weighted by molar-refractivity contribution is 5.80. The van der Waals surface area contributed by atoms with Crippen LogP contribution < -0.4 is 10.6 Å². The number of aliphatic carboxylic acids is 1. The van der Waals surface area contributed by atoms with Crippen molar-refractivity contribution < 1.29 is 37.4 Å². The van der Waals surface area contributed by atoms with E-state index in [0.717, 1.165) is 22.3 Å². The van der Waals surface area contributed by atoms with Gasteiger partial charge in [0.25, 0.3) is 0 Å². The van der Waals surface area contributed by atoms with Crippen molar-refractivity contribution in [2.75, 3.05) is 13.2 Å². The monoisotopic (exact) mass is 464 g/mol. The number of ether oxygens (including phenoxy) is 1. The van der Waals surface area contributed by atoms with Gasteiger partial charge >= 0.3 is 18.2 Å². The van der Waals surface area contributed by atoms with Gasteiger partial charge in [-0.3, -0.25) is 9.59 Å². The van der Waals surface area contributed by atoms with E-state index in [-0.39, 0.29) is 18.9 Å². The fraction of sp³-hybridized carbons (Fsp3) is 0.348. The lowest BCUT2D eigenvalue weighted by molar-refractivity contribution is -0.192. The Hall–Kier alpha value is -3.56. The van der Waals surface area contributed by atoms with Gasteiger partial charge in [0.2, 0.25) is 5.91 Å². The van der Waals surface area contributed by atoms with E-state index in [1.54, 1.807) is 0 Å². The molecule has 33 heavy (non-hydrogen) atoms. The molecule has 2 amide bonds. The molecule has 3 rings (SSSR count). The Morgan fingerprint density at radius 1 is 1.03 bits per heavy atom. The number of alkyl halides is 3. The molecule has 0 aromatic heterocycles. The van der Waals surface area contributed by atoms with E-state index < -0.39 is 42.7 Å². The van der Waals surface area contributed by atoms with Crippen LogP contribution in [0.3, 0.4) is 0 Å². The largest absolute Gasteiger partial charge is 0.481 e. The maximum atomic E-state index is 12.6. The molecule has 0 heterocycles. The van der Waals surface area contributed by atoms with E-state index in [4.69, 9.17) is 9.84 Å². The maximum Gasteiger partial charge on any atom is 0.407 e. The number of carbonyl (C=O) groups excluding carboxylic acids is 2. The minimum Gasteiger partial charge on any atom is -0.481 e. The first kappa shape index (κ1) is 24.1. The number of nitrogens with one attached hydrogen (secondary N) is 2. The van der Waals surface area contributed by atoms with Crippen LogP contribution in [0.4, 0.5) is 18.0 Å². The second kappa shape index (κ2) is 9.93. The number of carbonyl (C=O) groups is 3. The molecule has 3 N–H and O–H groups in total. The third-order valence-electron chi connectivity index (χ3n) is 5.40. The topological polar surface area (TPSA) is 105 Å². The van der Waals surface area contributed by atoms with E-state index in [0.29, 0.717) is 0 Å². The third kappa shape index (κ3) is 5.82. The molecule has 0 radical (unpaired) electrons. The van der Waals surface area contributed by atoms with Crippen molar-refractivity contribution in [1.82, 2.24) is 10.6 Å². The van der Waals surface area contributed by atoms with Crippen molar-refractivity contribution in [3.8, 4) is 11.1 Å². The van der Waals surface area contributed by atoms with E-state index in [2.05, 4.69) is 5.32 Å². The molecule has 0 spiro atoms. The molecule has 2 atom stereocenters. The minimum atomic E-state index is -4.98. The zero-order valence-electron chi connectivity index (χ0n) is 17.7. The zero-order valence-corrected chi connectivity index (χ0v) is 17.7. The van der Waals surface area contributed by atoms with Crippen LogP contribution in [0.2, 0.25) is 0 Å². The van der Waals surface area contributed by atoms with Crippen LogP contribution in [0.15, 0.2) is 48.5 Å². The Balaban J connectivity index is 1.49. The second-order valence-electron chi connectivity index (χ2n) is 7.81. The molecule has 176 valence electrons.